The van der Waals surface area contributed by atoms with Crippen molar-refractivity contribution >= 4 is 40.2 Å². The van der Waals surface area contributed by atoms with Gasteiger partial charge in [0.25, 0.3) is 5.56 Å². The van der Waals surface area contributed by atoms with Gasteiger partial charge in [-0.3, -0.25) is 9.36 Å². The molecule has 0 spiro atoms. The highest BCUT2D eigenvalue weighted by Gasteiger charge is 2.21. The summed E-state index contributed by atoms with van der Waals surface area (Å²) >= 11 is 7.44. The van der Waals surface area contributed by atoms with Crippen LogP contribution < -0.4 is 5.56 Å². The van der Waals surface area contributed by atoms with Crippen LogP contribution in [0.3, 0.4) is 0 Å². The Morgan fingerprint density at radius 3 is 3.00 bits per heavy atom. The van der Waals surface area contributed by atoms with Gasteiger partial charge in [0.05, 0.1) is 36.4 Å². The topological polar surface area (TPSA) is 83.6 Å². The summed E-state index contributed by atoms with van der Waals surface area (Å²) in [6, 6.07) is 8.34. The average molecular weight is 435 g/mol. The van der Waals surface area contributed by atoms with Crippen molar-refractivity contribution in [2.75, 3.05) is 13.7 Å². The molecule has 2 aromatic heterocycles. The largest absolute Gasteiger partial charge is 0.463 e. The van der Waals surface area contributed by atoms with Crippen molar-refractivity contribution in [3.8, 4) is 0 Å². The van der Waals surface area contributed by atoms with Gasteiger partial charge in [-0.15, -0.1) is 0 Å². The number of nitrogens with zero attached hydrogens (tertiary/aromatic N) is 2. The van der Waals surface area contributed by atoms with E-state index in [-0.39, 0.29) is 17.4 Å². The van der Waals surface area contributed by atoms with Gasteiger partial charge < -0.3 is 13.9 Å². The number of furan rings is 1. The zero-order chi connectivity index (χ0) is 20.4. The van der Waals surface area contributed by atoms with Gasteiger partial charge in [0.1, 0.15) is 5.76 Å². The van der Waals surface area contributed by atoms with E-state index in [1.165, 1.54) is 18.9 Å². The highest BCUT2D eigenvalue weighted by Crippen LogP contribution is 2.26. The second-order valence-corrected chi connectivity index (χ2v) is 8.03. The molecule has 29 heavy (non-hydrogen) atoms. The van der Waals surface area contributed by atoms with E-state index in [0.29, 0.717) is 45.7 Å². The van der Waals surface area contributed by atoms with E-state index in [9.17, 15) is 9.59 Å². The fraction of sp³-hybridized carbons (Fsp3) is 0.350. The molecule has 0 bridgehead atoms. The van der Waals surface area contributed by atoms with Crippen LogP contribution in [-0.4, -0.2) is 35.3 Å². The molecular weight excluding hydrogens is 416 g/mol. The highest BCUT2D eigenvalue weighted by molar-refractivity contribution is 7.98. The molecule has 4 rings (SSSR count). The minimum Gasteiger partial charge on any atom is -0.463 e. The molecule has 1 fully saturated rings. The third-order valence-corrected chi connectivity index (χ3v) is 5.92. The van der Waals surface area contributed by atoms with Gasteiger partial charge in [-0.2, -0.15) is 0 Å². The Balaban J connectivity index is 1.66. The van der Waals surface area contributed by atoms with Gasteiger partial charge in [-0.25, -0.2) is 9.78 Å². The maximum absolute atomic E-state index is 13.1. The number of aromatic nitrogens is 2. The van der Waals surface area contributed by atoms with Crippen LogP contribution in [0.4, 0.5) is 0 Å². The summed E-state index contributed by atoms with van der Waals surface area (Å²) in [6.45, 7) is 1.15. The van der Waals surface area contributed by atoms with Gasteiger partial charge in [0.2, 0.25) is 5.76 Å². The molecule has 1 saturated heterocycles. The number of rotatable bonds is 6. The van der Waals surface area contributed by atoms with Crippen LogP contribution in [0.1, 0.15) is 29.2 Å². The molecule has 152 valence electrons. The number of carbonyl (C=O) groups is 1. The molecule has 0 radical (unpaired) electrons. The molecular formula is C20H19ClN2O5S. The molecule has 0 N–H and O–H groups in total. The highest BCUT2D eigenvalue weighted by atomic mass is 35.5. The first-order chi connectivity index (χ1) is 14.0. The number of esters is 1. The van der Waals surface area contributed by atoms with E-state index in [1.54, 1.807) is 34.9 Å². The first-order valence-electron chi connectivity index (χ1n) is 9.16. The van der Waals surface area contributed by atoms with E-state index in [4.69, 9.17) is 20.8 Å². The molecule has 7 nitrogen and oxygen atoms in total. The van der Waals surface area contributed by atoms with Crippen molar-refractivity contribution < 1.29 is 18.7 Å². The Bertz CT molecular complexity index is 1100. The number of hydrogen-bond acceptors (Lipinski definition) is 7. The van der Waals surface area contributed by atoms with Crippen LogP contribution in [0.2, 0.25) is 5.02 Å². The molecule has 1 aromatic carbocycles. The minimum atomic E-state index is -0.532. The van der Waals surface area contributed by atoms with Gasteiger partial charge in [-0.1, -0.05) is 23.4 Å². The zero-order valence-corrected chi connectivity index (χ0v) is 17.3. The number of hydrogen-bond donors (Lipinski definition) is 0. The van der Waals surface area contributed by atoms with E-state index in [1.807, 2.05) is 0 Å². The summed E-state index contributed by atoms with van der Waals surface area (Å²) in [5, 5.41) is 1.59. The summed E-state index contributed by atoms with van der Waals surface area (Å²) in [5.74, 6) is 0.591. The maximum Gasteiger partial charge on any atom is 0.373 e. The van der Waals surface area contributed by atoms with Gasteiger partial charge in [0.15, 0.2) is 5.16 Å². The Labute approximate surface area is 176 Å². The Morgan fingerprint density at radius 2 is 2.24 bits per heavy atom. The number of ether oxygens (including phenoxy) is 2. The van der Waals surface area contributed by atoms with Crippen LogP contribution in [0, 0.1) is 0 Å². The van der Waals surface area contributed by atoms with Crippen molar-refractivity contribution in [3.63, 3.8) is 0 Å². The Hall–Kier alpha value is -2.29. The average Bonchev–Trinajstić information content (AvgIpc) is 3.40. The number of benzene rings is 1. The maximum atomic E-state index is 13.1. The first-order valence-corrected chi connectivity index (χ1v) is 10.5. The fourth-order valence-corrected chi connectivity index (χ4v) is 4.31. The van der Waals surface area contributed by atoms with Crippen LogP contribution in [0.15, 0.2) is 44.7 Å². The number of thioether (sulfide) groups is 1. The lowest BCUT2D eigenvalue weighted by atomic mass is 10.2. The summed E-state index contributed by atoms with van der Waals surface area (Å²) < 4.78 is 17.5. The van der Waals surface area contributed by atoms with Gasteiger partial charge >= 0.3 is 5.97 Å². The number of halogens is 1. The Kier molecular flexibility index (Phi) is 5.94. The molecule has 3 aromatic rings. The summed E-state index contributed by atoms with van der Waals surface area (Å²) in [6.07, 6.45) is 1.89. The summed E-state index contributed by atoms with van der Waals surface area (Å²) in [5.41, 5.74) is 0.419. The van der Waals surface area contributed by atoms with Crippen molar-refractivity contribution in [3.05, 3.63) is 57.2 Å². The second kappa shape index (κ2) is 8.61. The predicted octanol–water partition coefficient (Wildman–Crippen LogP) is 3.90. The third kappa shape index (κ3) is 4.34. The molecule has 1 aliphatic rings. The lowest BCUT2D eigenvalue weighted by molar-refractivity contribution is 0.0563. The molecule has 1 unspecified atom stereocenters. The Morgan fingerprint density at radius 1 is 1.38 bits per heavy atom. The SMILES string of the molecule is COC(=O)c1ccc(CSc2nc3cc(Cl)ccc3c(=O)n2CC2CCCO2)o1. The standard InChI is InChI=1S/C20H19ClN2O5S/c1-26-19(25)17-7-5-14(28-17)11-29-20-22-16-9-12(21)4-6-15(16)18(24)23(20)10-13-3-2-8-27-13/h4-7,9,13H,2-3,8,10-11H2,1H3. The summed E-state index contributed by atoms with van der Waals surface area (Å²) in [7, 11) is 1.30. The van der Waals surface area contributed by atoms with Crippen molar-refractivity contribution in [2.45, 2.75) is 36.4 Å². The molecule has 1 atom stereocenters. The molecule has 0 aliphatic carbocycles. The quantitative estimate of drug-likeness (QED) is 0.330. The second-order valence-electron chi connectivity index (χ2n) is 6.65. The number of carbonyl (C=O) groups excluding carboxylic acids is 1. The normalized spacial score (nSPS) is 16.4. The molecule has 0 saturated carbocycles. The first kappa shape index (κ1) is 20.0. The van der Waals surface area contributed by atoms with E-state index in [0.717, 1.165) is 12.8 Å². The van der Waals surface area contributed by atoms with Crippen LogP contribution in [0.5, 0.6) is 0 Å². The van der Waals surface area contributed by atoms with Crippen LogP contribution in [-0.2, 0) is 21.8 Å². The molecule has 3 heterocycles. The lowest BCUT2D eigenvalue weighted by Gasteiger charge is -2.16. The van der Waals surface area contributed by atoms with Crippen LogP contribution in [0.25, 0.3) is 10.9 Å². The van der Waals surface area contributed by atoms with Crippen molar-refractivity contribution in [2.24, 2.45) is 0 Å². The number of fused-ring (bicyclic) bond motifs is 1. The van der Waals surface area contributed by atoms with E-state index < -0.39 is 5.97 Å². The zero-order valence-electron chi connectivity index (χ0n) is 15.7. The van der Waals surface area contributed by atoms with Crippen molar-refractivity contribution in [1.29, 1.82) is 0 Å². The monoisotopic (exact) mass is 434 g/mol. The number of methoxy groups -OCH3 is 1. The molecule has 0 amide bonds. The lowest BCUT2D eigenvalue weighted by Crippen LogP contribution is -2.28. The fourth-order valence-electron chi connectivity index (χ4n) is 3.24. The minimum absolute atomic E-state index is 0.00635. The predicted molar refractivity (Wildman–Crippen MR) is 110 cm³/mol. The summed E-state index contributed by atoms with van der Waals surface area (Å²) in [4.78, 5) is 29.3. The third-order valence-electron chi connectivity index (χ3n) is 4.68. The van der Waals surface area contributed by atoms with Gasteiger partial charge in [-0.05, 0) is 43.2 Å². The smallest absolute Gasteiger partial charge is 0.373 e. The molecule has 9 heteroatoms. The van der Waals surface area contributed by atoms with Crippen molar-refractivity contribution in [1.82, 2.24) is 9.55 Å². The van der Waals surface area contributed by atoms with E-state index in [2.05, 4.69) is 9.72 Å². The van der Waals surface area contributed by atoms with E-state index >= 15 is 0 Å². The van der Waals surface area contributed by atoms with Gasteiger partial charge in [0, 0.05) is 11.6 Å². The van der Waals surface area contributed by atoms with Crippen LogP contribution >= 0.6 is 23.4 Å². The molecule has 1 aliphatic heterocycles.